The molecule has 11 heteroatoms. The molecule has 0 radical (unpaired) electrons. The lowest BCUT2D eigenvalue weighted by molar-refractivity contribution is 0.410. The fourth-order valence-corrected chi connectivity index (χ4v) is 3.76. The first-order valence-corrected chi connectivity index (χ1v) is 10.3. The predicted octanol–water partition coefficient (Wildman–Crippen LogP) is 3.28. The second-order valence-electron chi connectivity index (χ2n) is 7.79. The molecule has 0 bridgehead atoms. The Bertz CT molecular complexity index is 1230. The highest BCUT2D eigenvalue weighted by Crippen LogP contribution is 2.23. The summed E-state index contributed by atoms with van der Waals surface area (Å²) in [5.41, 5.74) is 8.08. The summed E-state index contributed by atoms with van der Waals surface area (Å²) in [6, 6.07) is 5.18. The fourth-order valence-electron chi connectivity index (χ4n) is 3.76. The van der Waals surface area contributed by atoms with Gasteiger partial charge in [-0.3, -0.25) is 0 Å². The normalized spacial score (nSPS) is 18.6. The Hall–Kier alpha value is -3.73. The number of fused-ring (bicyclic) bond motifs is 1. The molecule has 4 N–H and O–H groups in total. The van der Waals surface area contributed by atoms with Gasteiger partial charge in [0.15, 0.2) is 17.3 Å². The van der Waals surface area contributed by atoms with Crippen molar-refractivity contribution in [1.29, 1.82) is 0 Å². The molecular formula is C21H21F2N9. The highest BCUT2D eigenvalue weighted by Gasteiger charge is 2.19. The molecular weight excluding hydrogens is 416 g/mol. The monoisotopic (exact) mass is 437 g/mol. The van der Waals surface area contributed by atoms with Gasteiger partial charge in [0.05, 0.1) is 18.1 Å². The van der Waals surface area contributed by atoms with E-state index in [0.29, 0.717) is 22.9 Å². The molecule has 1 fully saturated rings. The number of nitrogens with zero attached hydrogens (tertiary/aromatic N) is 6. The first-order chi connectivity index (χ1) is 15.5. The van der Waals surface area contributed by atoms with Crippen LogP contribution in [0.4, 0.5) is 26.4 Å². The number of anilines is 3. The third kappa shape index (κ3) is 4.19. The molecule has 0 aliphatic heterocycles. The molecule has 0 spiro atoms. The SMILES string of the molecule is N[C@H]1CC[C@H](Nc2ccc3ncc(-c4cnc(Nc5ncc(F)cc5F)nc4)n3n2)CC1. The minimum Gasteiger partial charge on any atom is -0.366 e. The van der Waals surface area contributed by atoms with Crippen LogP contribution < -0.4 is 16.4 Å². The average Bonchev–Trinajstić information content (AvgIpc) is 3.21. The van der Waals surface area contributed by atoms with Crippen LogP contribution in [-0.2, 0) is 0 Å². The third-order valence-electron chi connectivity index (χ3n) is 5.47. The standard InChI is InChI=1S/C21H21F2N9/c22-13-7-16(23)20(26-10-13)30-21-27-8-12(9-28-21)17-11-25-19-6-5-18(31-32(17)19)29-15-3-1-14(24)2-4-15/h5-11,14-15H,1-4,24H2,(H,29,31)(H,26,27,28,30)/t14-,15-. The van der Waals surface area contributed by atoms with E-state index in [-0.39, 0.29) is 17.8 Å². The van der Waals surface area contributed by atoms with Gasteiger partial charge in [-0.2, -0.15) is 0 Å². The molecule has 1 aliphatic carbocycles. The number of imidazole rings is 1. The number of hydrogen-bond acceptors (Lipinski definition) is 8. The summed E-state index contributed by atoms with van der Waals surface area (Å²) in [6.07, 6.45) is 9.80. The molecule has 4 heterocycles. The van der Waals surface area contributed by atoms with Gasteiger partial charge < -0.3 is 16.4 Å². The van der Waals surface area contributed by atoms with Crippen molar-refractivity contribution < 1.29 is 8.78 Å². The van der Waals surface area contributed by atoms with Gasteiger partial charge in [0.25, 0.3) is 0 Å². The molecule has 4 aromatic heterocycles. The van der Waals surface area contributed by atoms with Crippen molar-refractivity contribution in [3.05, 3.63) is 54.6 Å². The topological polar surface area (TPSA) is 119 Å². The molecule has 32 heavy (non-hydrogen) atoms. The van der Waals surface area contributed by atoms with Gasteiger partial charge in [-0.15, -0.1) is 5.10 Å². The third-order valence-corrected chi connectivity index (χ3v) is 5.47. The van der Waals surface area contributed by atoms with Gasteiger partial charge in [-0.05, 0) is 37.8 Å². The van der Waals surface area contributed by atoms with Crippen molar-refractivity contribution in [1.82, 2.24) is 29.5 Å². The predicted molar refractivity (Wildman–Crippen MR) is 115 cm³/mol. The smallest absolute Gasteiger partial charge is 0.228 e. The van der Waals surface area contributed by atoms with Crippen LogP contribution in [0.3, 0.4) is 0 Å². The first kappa shape index (κ1) is 20.2. The summed E-state index contributed by atoms with van der Waals surface area (Å²) in [5.74, 6) is -0.857. The Balaban J connectivity index is 1.35. The number of halogens is 2. The molecule has 0 atom stereocenters. The Morgan fingerprint density at radius 3 is 2.47 bits per heavy atom. The Morgan fingerprint density at radius 2 is 1.72 bits per heavy atom. The molecule has 5 rings (SSSR count). The zero-order chi connectivity index (χ0) is 22.1. The van der Waals surface area contributed by atoms with Crippen LogP contribution in [0.1, 0.15) is 25.7 Å². The van der Waals surface area contributed by atoms with E-state index in [0.717, 1.165) is 43.8 Å². The van der Waals surface area contributed by atoms with Crippen LogP contribution >= 0.6 is 0 Å². The maximum Gasteiger partial charge on any atom is 0.228 e. The molecule has 0 unspecified atom stereocenters. The second-order valence-corrected chi connectivity index (χ2v) is 7.79. The number of hydrogen-bond donors (Lipinski definition) is 3. The maximum atomic E-state index is 13.8. The van der Waals surface area contributed by atoms with E-state index in [1.54, 1.807) is 23.1 Å². The van der Waals surface area contributed by atoms with Crippen molar-refractivity contribution in [2.24, 2.45) is 5.73 Å². The zero-order valence-corrected chi connectivity index (χ0v) is 17.0. The van der Waals surface area contributed by atoms with Crippen molar-refractivity contribution >= 4 is 23.2 Å². The van der Waals surface area contributed by atoms with Gasteiger partial charge in [0.1, 0.15) is 11.6 Å². The maximum absolute atomic E-state index is 13.8. The number of pyridine rings is 1. The van der Waals surface area contributed by atoms with E-state index in [4.69, 9.17) is 5.73 Å². The minimum absolute atomic E-state index is 0.131. The molecule has 1 saturated carbocycles. The highest BCUT2D eigenvalue weighted by atomic mass is 19.1. The van der Waals surface area contributed by atoms with E-state index in [1.165, 1.54) is 0 Å². The Labute approximate surface area is 182 Å². The van der Waals surface area contributed by atoms with Gasteiger partial charge in [-0.25, -0.2) is 33.2 Å². The van der Waals surface area contributed by atoms with Crippen LogP contribution in [0.25, 0.3) is 16.9 Å². The molecule has 0 aromatic carbocycles. The lowest BCUT2D eigenvalue weighted by Gasteiger charge is -2.27. The molecule has 1 aliphatic rings. The lowest BCUT2D eigenvalue weighted by Crippen LogP contribution is -2.33. The van der Waals surface area contributed by atoms with E-state index >= 15 is 0 Å². The Morgan fingerprint density at radius 1 is 0.938 bits per heavy atom. The number of aromatic nitrogens is 6. The molecule has 9 nitrogen and oxygen atoms in total. The molecule has 0 saturated heterocycles. The number of nitrogens with one attached hydrogen (secondary N) is 2. The van der Waals surface area contributed by atoms with E-state index < -0.39 is 11.6 Å². The van der Waals surface area contributed by atoms with Gasteiger partial charge in [0.2, 0.25) is 5.95 Å². The first-order valence-electron chi connectivity index (χ1n) is 10.3. The van der Waals surface area contributed by atoms with Crippen LogP contribution in [0.5, 0.6) is 0 Å². The number of nitrogens with two attached hydrogens (primary N) is 1. The van der Waals surface area contributed by atoms with Crippen molar-refractivity contribution in [3.63, 3.8) is 0 Å². The van der Waals surface area contributed by atoms with Crippen molar-refractivity contribution in [3.8, 4) is 11.3 Å². The summed E-state index contributed by atoms with van der Waals surface area (Å²) in [7, 11) is 0. The summed E-state index contributed by atoms with van der Waals surface area (Å²) in [4.78, 5) is 16.5. The summed E-state index contributed by atoms with van der Waals surface area (Å²) in [5, 5.41) is 10.8. The summed E-state index contributed by atoms with van der Waals surface area (Å²) in [6.45, 7) is 0. The highest BCUT2D eigenvalue weighted by molar-refractivity contribution is 5.63. The van der Waals surface area contributed by atoms with E-state index in [2.05, 4.69) is 35.7 Å². The van der Waals surface area contributed by atoms with E-state index in [9.17, 15) is 8.78 Å². The minimum atomic E-state index is -0.830. The van der Waals surface area contributed by atoms with Crippen molar-refractivity contribution in [2.45, 2.75) is 37.8 Å². The summed E-state index contributed by atoms with van der Waals surface area (Å²) < 4.78 is 28.5. The molecule has 164 valence electrons. The number of rotatable bonds is 5. The largest absolute Gasteiger partial charge is 0.366 e. The van der Waals surface area contributed by atoms with Crippen LogP contribution in [0.15, 0.2) is 43.0 Å². The fraction of sp³-hybridized carbons (Fsp3) is 0.286. The average molecular weight is 437 g/mol. The van der Waals surface area contributed by atoms with Gasteiger partial charge >= 0.3 is 0 Å². The summed E-state index contributed by atoms with van der Waals surface area (Å²) >= 11 is 0. The van der Waals surface area contributed by atoms with Crippen LogP contribution in [0, 0.1) is 11.6 Å². The van der Waals surface area contributed by atoms with E-state index in [1.807, 2.05) is 12.1 Å². The second kappa shape index (κ2) is 8.42. The Kier molecular flexibility index (Phi) is 5.31. The van der Waals surface area contributed by atoms with Gasteiger partial charge in [0, 0.05) is 36.1 Å². The van der Waals surface area contributed by atoms with Crippen molar-refractivity contribution in [2.75, 3.05) is 10.6 Å². The van der Waals surface area contributed by atoms with Crippen LogP contribution in [-0.4, -0.2) is 41.6 Å². The quantitative estimate of drug-likeness (QED) is 0.435. The van der Waals surface area contributed by atoms with Crippen LogP contribution in [0.2, 0.25) is 0 Å². The lowest BCUT2D eigenvalue weighted by atomic mass is 9.92. The molecule has 4 aromatic rings. The zero-order valence-electron chi connectivity index (χ0n) is 17.0. The molecule has 0 amide bonds. The van der Waals surface area contributed by atoms with Gasteiger partial charge in [-0.1, -0.05) is 0 Å².